The Labute approximate surface area is 42.7 Å². The van der Waals surface area contributed by atoms with Crippen molar-refractivity contribution in [3.8, 4) is 0 Å². The predicted octanol–water partition coefficient (Wildman–Crippen LogP) is 0.652. The fourth-order valence-electron chi connectivity index (χ4n) is 0.154. The molecule has 2 heteroatoms. The normalized spacial score (nSPS) is 9.29. The summed E-state index contributed by atoms with van der Waals surface area (Å²) in [7, 11) is 0. The van der Waals surface area contributed by atoms with E-state index < -0.39 is 0 Å². The maximum Gasteiger partial charge on any atom is 0.0884 e. The fourth-order valence-corrected chi connectivity index (χ4v) is 0.154. The van der Waals surface area contributed by atoms with Crippen LogP contribution in [0.5, 0.6) is 0 Å². The van der Waals surface area contributed by atoms with Crippen molar-refractivity contribution in [1.82, 2.24) is 0 Å². The zero-order valence-corrected chi connectivity index (χ0v) is 4.00. The Hall–Kier alpha value is -0.760. The Bertz CT molecular complexity index is 66.5. The van der Waals surface area contributed by atoms with Crippen molar-refractivity contribution in [3.05, 3.63) is 25.2 Å². The first kappa shape index (κ1) is 6.24. The van der Waals surface area contributed by atoms with Crippen molar-refractivity contribution in [1.29, 1.82) is 0 Å². The third kappa shape index (κ3) is 5.24. The lowest BCUT2D eigenvalue weighted by molar-refractivity contribution is 0.332. The summed E-state index contributed by atoms with van der Waals surface area (Å²) in [6.07, 6.45) is 4.13. The van der Waals surface area contributed by atoms with Gasteiger partial charge in [0.2, 0.25) is 0 Å². The Morgan fingerprint density at radius 2 is 2.43 bits per heavy atom. The zero-order valence-electron chi connectivity index (χ0n) is 4.00. The summed E-state index contributed by atoms with van der Waals surface area (Å²) in [6, 6.07) is 0. The van der Waals surface area contributed by atoms with E-state index >= 15 is 0 Å². The first-order valence-electron chi connectivity index (χ1n) is 1.94. The SMILES string of the molecule is C=COC=CCO. The molecule has 0 radical (unpaired) electrons. The second kappa shape index (κ2) is 5.24. The van der Waals surface area contributed by atoms with E-state index in [-0.39, 0.29) is 6.61 Å². The molecule has 40 valence electrons. The molecule has 1 N–H and O–H groups in total. The second-order valence-corrected chi connectivity index (χ2v) is 0.857. The maximum absolute atomic E-state index is 8.09. The van der Waals surface area contributed by atoms with Crippen molar-refractivity contribution in [3.63, 3.8) is 0 Å². The van der Waals surface area contributed by atoms with Crippen LogP contribution in [0.3, 0.4) is 0 Å². The lowest BCUT2D eigenvalue weighted by Gasteiger charge is -1.82. The number of ether oxygens (including phenoxy) is 1. The molecule has 0 spiro atoms. The van der Waals surface area contributed by atoms with Crippen LogP contribution in [0.25, 0.3) is 0 Å². The fraction of sp³-hybridized carbons (Fsp3) is 0.200. The molecule has 0 heterocycles. The van der Waals surface area contributed by atoms with E-state index in [0.717, 1.165) is 0 Å². The van der Waals surface area contributed by atoms with Gasteiger partial charge in [0.15, 0.2) is 0 Å². The van der Waals surface area contributed by atoms with Gasteiger partial charge in [-0.2, -0.15) is 0 Å². The van der Waals surface area contributed by atoms with Gasteiger partial charge in [-0.1, -0.05) is 6.58 Å². The zero-order chi connectivity index (χ0) is 5.54. The number of rotatable bonds is 3. The molecule has 2 nitrogen and oxygen atoms in total. The second-order valence-electron chi connectivity index (χ2n) is 0.857. The molecule has 0 saturated carbocycles. The molecule has 0 aliphatic rings. The summed E-state index contributed by atoms with van der Waals surface area (Å²) in [5.74, 6) is 0. The quantitative estimate of drug-likeness (QED) is 0.528. The smallest absolute Gasteiger partial charge is 0.0884 e. The van der Waals surface area contributed by atoms with Crippen LogP contribution in [0.1, 0.15) is 0 Å². The Kier molecular flexibility index (Phi) is 4.67. The number of aliphatic hydroxyl groups is 1. The minimum absolute atomic E-state index is 0.00778. The molecule has 0 unspecified atom stereocenters. The Morgan fingerprint density at radius 3 is 2.86 bits per heavy atom. The van der Waals surface area contributed by atoms with Gasteiger partial charge in [-0.3, -0.25) is 0 Å². The number of hydrogen-bond acceptors (Lipinski definition) is 2. The van der Waals surface area contributed by atoms with Gasteiger partial charge >= 0.3 is 0 Å². The summed E-state index contributed by atoms with van der Waals surface area (Å²) >= 11 is 0. The summed E-state index contributed by atoms with van der Waals surface area (Å²) in [4.78, 5) is 0. The van der Waals surface area contributed by atoms with E-state index in [0.29, 0.717) is 0 Å². The minimum atomic E-state index is 0.00778. The molecule has 0 aliphatic carbocycles. The number of hydrogen-bond donors (Lipinski definition) is 1. The van der Waals surface area contributed by atoms with Gasteiger partial charge in [0.1, 0.15) is 0 Å². The summed E-state index contributed by atoms with van der Waals surface area (Å²) in [6.45, 7) is 3.29. The molecule has 0 aromatic rings. The van der Waals surface area contributed by atoms with Gasteiger partial charge in [-0.15, -0.1) is 0 Å². The first-order valence-corrected chi connectivity index (χ1v) is 1.94. The van der Waals surface area contributed by atoms with Crippen molar-refractivity contribution in [2.75, 3.05) is 6.61 Å². The molecule has 0 fully saturated rings. The average Bonchev–Trinajstić information content (AvgIpc) is 1.69. The number of aliphatic hydroxyl groups excluding tert-OH is 1. The molecule has 7 heavy (non-hydrogen) atoms. The third-order valence-electron chi connectivity index (χ3n) is 0.376. The van der Waals surface area contributed by atoms with E-state index in [1.165, 1.54) is 18.6 Å². The predicted molar refractivity (Wildman–Crippen MR) is 27.5 cm³/mol. The van der Waals surface area contributed by atoms with Gasteiger partial charge in [-0.25, -0.2) is 0 Å². The van der Waals surface area contributed by atoms with Crippen LogP contribution in [-0.4, -0.2) is 11.7 Å². The lowest BCUT2D eigenvalue weighted by Crippen LogP contribution is -1.70. The van der Waals surface area contributed by atoms with Gasteiger partial charge in [-0.05, 0) is 6.08 Å². The van der Waals surface area contributed by atoms with Crippen LogP contribution in [-0.2, 0) is 4.74 Å². The summed E-state index contributed by atoms with van der Waals surface area (Å²) < 4.78 is 4.50. The van der Waals surface area contributed by atoms with Crippen LogP contribution in [0, 0.1) is 0 Å². The van der Waals surface area contributed by atoms with E-state index in [4.69, 9.17) is 5.11 Å². The van der Waals surface area contributed by atoms with Gasteiger partial charge in [0, 0.05) is 0 Å². The molecule has 0 aromatic carbocycles. The highest BCUT2D eigenvalue weighted by atomic mass is 16.5. The van der Waals surface area contributed by atoms with E-state index in [1.54, 1.807) is 0 Å². The van der Waals surface area contributed by atoms with E-state index in [1.807, 2.05) is 0 Å². The van der Waals surface area contributed by atoms with E-state index in [2.05, 4.69) is 11.3 Å². The molecule has 0 saturated heterocycles. The minimum Gasteiger partial charge on any atom is -0.474 e. The molecule has 0 aliphatic heterocycles. The highest BCUT2D eigenvalue weighted by molar-refractivity contribution is 4.73. The van der Waals surface area contributed by atoms with Crippen LogP contribution < -0.4 is 0 Å². The molecule has 0 bridgehead atoms. The maximum atomic E-state index is 8.09. The van der Waals surface area contributed by atoms with Crippen LogP contribution in [0.15, 0.2) is 25.2 Å². The first-order chi connectivity index (χ1) is 3.41. The van der Waals surface area contributed by atoms with Crippen LogP contribution in [0.2, 0.25) is 0 Å². The Morgan fingerprint density at radius 1 is 1.71 bits per heavy atom. The van der Waals surface area contributed by atoms with Crippen molar-refractivity contribution < 1.29 is 9.84 Å². The largest absolute Gasteiger partial charge is 0.474 e. The highest BCUT2D eigenvalue weighted by Gasteiger charge is 1.61. The summed E-state index contributed by atoms with van der Waals surface area (Å²) in [5, 5.41) is 8.09. The van der Waals surface area contributed by atoms with Crippen molar-refractivity contribution in [2.24, 2.45) is 0 Å². The molecular formula is C5H8O2. The van der Waals surface area contributed by atoms with Crippen molar-refractivity contribution >= 4 is 0 Å². The van der Waals surface area contributed by atoms with E-state index in [9.17, 15) is 0 Å². The standard InChI is InChI=1S/C5H8O2/c1-2-7-5-3-4-6/h2-3,5-6H,1,4H2. The van der Waals surface area contributed by atoms with Crippen molar-refractivity contribution in [2.45, 2.75) is 0 Å². The topological polar surface area (TPSA) is 29.5 Å². The monoisotopic (exact) mass is 100 g/mol. The van der Waals surface area contributed by atoms with Crippen LogP contribution >= 0.6 is 0 Å². The van der Waals surface area contributed by atoms with Gasteiger partial charge in [0.25, 0.3) is 0 Å². The van der Waals surface area contributed by atoms with Crippen LogP contribution in [0.4, 0.5) is 0 Å². The van der Waals surface area contributed by atoms with Gasteiger partial charge in [0.05, 0.1) is 19.1 Å². The molecule has 0 aromatic heterocycles. The molecule has 0 rings (SSSR count). The molecule has 0 atom stereocenters. The molecule has 0 amide bonds. The third-order valence-corrected chi connectivity index (χ3v) is 0.376. The average molecular weight is 100 g/mol. The highest BCUT2D eigenvalue weighted by Crippen LogP contribution is 1.73. The summed E-state index contributed by atoms with van der Waals surface area (Å²) in [5.41, 5.74) is 0. The van der Waals surface area contributed by atoms with Gasteiger partial charge < -0.3 is 9.84 Å². The molecular weight excluding hydrogens is 92.1 g/mol. The lowest BCUT2D eigenvalue weighted by atomic mass is 10.7. The Balaban J connectivity index is 2.92.